The Morgan fingerprint density at radius 3 is 2.61 bits per heavy atom. The monoisotopic (exact) mass is 330 g/mol. The molecule has 0 saturated heterocycles. The van der Waals surface area contributed by atoms with Crippen LogP contribution in [0.15, 0.2) is 18.6 Å². The smallest absolute Gasteiger partial charge is 0.276 e. The number of aryl methyl sites for hydroxylation is 1. The second kappa shape index (κ2) is 6.87. The molecule has 2 heterocycles. The van der Waals surface area contributed by atoms with Gasteiger partial charge in [-0.3, -0.25) is 14.6 Å². The van der Waals surface area contributed by atoms with Crippen molar-refractivity contribution in [2.24, 2.45) is 5.73 Å². The number of hydrogen-bond donors (Lipinski definition) is 2. The quantitative estimate of drug-likeness (QED) is 0.903. The predicted octanol–water partition coefficient (Wildman–Crippen LogP) is 2.55. The molecule has 3 rings (SSSR count). The van der Waals surface area contributed by atoms with Crippen LogP contribution < -0.4 is 11.1 Å². The zero-order chi connectivity index (χ0) is 16.2. The summed E-state index contributed by atoms with van der Waals surface area (Å²) in [6.45, 7) is 0. The van der Waals surface area contributed by atoms with E-state index in [1.54, 1.807) is 0 Å². The fourth-order valence-electron chi connectivity index (χ4n) is 2.85. The van der Waals surface area contributed by atoms with E-state index in [0.29, 0.717) is 10.6 Å². The van der Waals surface area contributed by atoms with E-state index in [-0.39, 0.29) is 11.6 Å². The molecular formula is C16H18N4O2S. The van der Waals surface area contributed by atoms with Gasteiger partial charge in [0.2, 0.25) is 0 Å². The molecule has 1 aliphatic rings. The lowest BCUT2D eigenvalue weighted by Crippen LogP contribution is -2.19. The Morgan fingerprint density at radius 1 is 1.13 bits per heavy atom. The fraction of sp³-hybridized carbons (Fsp3) is 0.375. The lowest BCUT2D eigenvalue weighted by atomic mass is 9.96. The summed E-state index contributed by atoms with van der Waals surface area (Å²) in [7, 11) is 0. The molecule has 0 bridgehead atoms. The van der Waals surface area contributed by atoms with Crippen molar-refractivity contribution in [3.05, 3.63) is 40.3 Å². The first-order chi connectivity index (χ1) is 11.2. The molecule has 0 radical (unpaired) electrons. The molecule has 0 fully saturated rings. The van der Waals surface area contributed by atoms with Crippen molar-refractivity contribution in [2.75, 3.05) is 5.32 Å². The van der Waals surface area contributed by atoms with Crippen LogP contribution in [0.3, 0.4) is 0 Å². The van der Waals surface area contributed by atoms with Crippen LogP contribution in [0, 0.1) is 0 Å². The molecule has 6 nitrogen and oxygen atoms in total. The van der Waals surface area contributed by atoms with Crippen LogP contribution in [0.2, 0.25) is 0 Å². The maximum atomic E-state index is 12.3. The molecule has 0 unspecified atom stereocenters. The van der Waals surface area contributed by atoms with Crippen LogP contribution in [0.1, 0.15) is 57.0 Å². The largest absolute Gasteiger partial charge is 0.365 e. The van der Waals surface area contributed by atoms with Gasteiger partial charge in [-0.2, -0.15) is 0 Å². The number of amides is 2. The minimum atomic E-state index is -0.488. The van der Waals surface area contributed by atoms with Crippen LogP contribution in [0.5, 0.6) is 0 Å². The topological polar surface area (TPSA) is 98.0 Å². The third kappa shape index (κ3) is 3.39. The fourth-order valence-corrected chi connectivity index (χ4v) is 4.14. The van der Waals surface area contributed by atoms with E-state index in [4.69, 9.17) is 5.73 Å². The third-order valence-electron chi connectivity index (χ3n) is 3.94. The average molecular weight is 330 g/mol. The van der Waals surface area contributed by atoms with E-state index in [1.165, 1.54) is 36.3 Å². The molecule has 2 amide bonds. The summed E-state index contributed by atoms with van der Waals surface area (Å²) in [5.74, 6) is -0.868. The third-order valence-corrected chi connectivity index (χ3v) is 5.15. The molecule has 2 aromatic rings. The maximum Gasteiger partial charge on any atom is 0.276 e. The van der Waals surface area contributed by atoms with Crippen LogP contribution in [0.4, 0.5) is 5.00 Å². The van der Waals surface area contributed by atoms with Gasteiger partial charge in [-0.1, -0.05) is 12.8 Å². The highest BCUT2D eigenvalue weighted by Crippen LogP contribution is 2.36. The summed E-state index contributed by atoms with van der Waals surface area (Å²) >= 11 is 1.45. The maximum absolute atomic E-state index is 12.3. The van der Waals surface area contributed by atoms with Crippen LogP contribution in [-0.2, 0) is 12.8 Å². The number of nitrogens with zero attached hydrogens (tertiary/aromatic N) is 2. The Kier molecular flexibility index (Phi) is 4.66. The number of nitrogens with two attached hydrogens (primary N) is 1. The van der Waals surface area contributed by atoms with E-state index in [2.05, 4.69) is 15.3 Å². The number of nitrogens with one attached hydrogen (secondary N) is 1. The minimum absolute atomic E-state index is 0.212. The lowest BCUT2D eigenvalue weighted by Gasteiger charge is -2.10. The Balaban J connectivity index is 1.93. The van der Waals surface area contributed by atoms with Crippen molar-refractivity contribution in [1.82, 2.24) is 9.97 Å². The number of primary amides is 1. The molecule has 0 aromatic carbocycles. The zero-order valence-electron chi connectivity index (χ0n) is 12.7. The summed E-state index contributed by atoms with van der Waals surface area (Å²) in [5.41, 5.74) is 7.26. The van der Waals surface area contributed by atoms with Gasteiger partial charge in [-0.25, -0.2) is 4.98 Å². The van der Waals surface area contributed by atoms with Crippen molar-refractivity contribution in [2.45, 2.75) is 38.5 Å². The van der Waals surface area contributed by atoms with Crippen molar-refractivity contribution < 1.29 is 9.59 Å². The normalized spacial score (nSPS) is 14.4. The molecule has 1 aliphatic carbocycles. The van der Waals surface area contributed by atoms with Gasteiger partial charge in [-0.15, -0.1) is 11.3 Å². The van der Waals surface area contributed by atoms with Gasteiger partial charge in [0, 0.05) is 17.3 Å². The highest BCUT2D eigenvalue weighted by Gasteiger charge is 2.24. The van der Waals surface area contributed by atoms with Crippen molar-refractivity contribution in [3.8, 4) is 0 Å². The van der Waals surface area contributed by atoms with Crippen LogP contribution in [0.25, 0.3) is 0 Å². The predicted molar refractivity (Wildman–Crippen MR) is 88.7 cm³/mol. The lowest BCUT2D eigenvalue weighted by molar-refractivity contribution is 0.100. The molecule has 0 aliphatic heterocycles. The number of carbonyl (C=O) groups excluding carboxylic acids is 2. The van der Waals surface area contributed by atoms with E-state index in [0.717, 1.165) is 42.5 Å². The van der Waals surface area contributed by atoms with Gasteiger partial charge in [0.1, 0.15) is 10.7 Å². The number of hydrogen-bond acceptors (Lipinski definition) is 5. The highest BCUT2D eigenvalue weighted by atomic mass is 32.1. The second-order valence-corrected chi connectivity index (χ2v) is 6.64. The second-order valence-electron chi connectivity index (χ2n) is 5.53. The number of thiophene rings is 1. The standard InChI is InChI=1S/C16H18N4O2S/c17-14(21)13-10-5-3-1-2-4-6-12(10)23-16(13)20-15(22)11-9-18-7-8-19-11/h7-9H,1-6H2,(H2,17,21)(H,20,22). The number of fused-ring (bicyclic) bond motifs is 1. The molecule has 0 saturated carbocycles. The molecule has 2 aromatic heterocycles. The Hall–Kier alpha value is -2.28. The van der Waals surface area contributed by atoms with Crippen LogP contribution in [-0.4, -0.2) is 21.8 Å². The summed E-state index contributed by atoms with van der Waals surface area (Å²) in [6, 6.07) is 0. The average Bonchev–Trinajstić information content (AvgIpc) is 2.85. The first-order valence-electron chi connectivity index (χ1n) is 7.68. The van der Waals surface area contributed by atoms with E-state index in [1.807, 2.05) is 0 Å². The Morgan fingerprint density at radius 2 is 1.91 bits per heavy atom. The van der Waals surface area contributed by atoms with Gasteiger partial charge < -0.3 is 11.1 Å². The number of carbonyl (C=O) groups is 2. The minimum Gasteiger partial charge on any atom is -0.365 e. The van der Waals surface area contributed by atoms with Crippen molar-refractivity contribution in [1.29, 1.82) is 0 Å². The Labute approximate surface area is 138 Å². The molecule has 0 atom stereocenters. The molecule has 7 heteroatoms. The highest BCUT2D eigenvalue weighted by molar-refractivity contribution is 7.17. The van der Waals surface area contributed by atoms with Gasteiger partial charge in [0.15, 0.2) is 0 Å². The summed E-state index contributed by atoms with van der Waals surface area (Å²) in [4.78, 5) is 33.2. The SMILES string of the molecule is NC(=O)c1c(NC(=O)c2cnccn2)sc2c1CCCCCC2. The van der Waals surface area contributed by atoms with E-state index < -0.39 is 5.91 Å². The van der Waals surface area contributed by atoms with Gasteiger partial charge in [0.25, 0.3) is 11.8 Å². The van der Waals surface area contributed by atoms with E-state index >= 15 is 0 Å². The summed E-state index contributed by atoms with van der Waals surface area (Å²) < 4.78 is 0. The van der Waals surface area contributed by atoms with Gasteiger partial charge in [-0.05, 0) is 31.2 Å². The molecule has 0 spiro atoms. The Bertz CT molecular complexity index is 727. The molecule has 23 heavy (non-hydrogen) atoms. The first kappa shape index (κ1) is 15.6. The zero-order valence-corrected chi connectivity index (χ0v) is 13.5. The first-order valence-corrected chi connectivity index (χ1v) is 8.50. The van der Waals surface area contributed by atoms with Gasteiger partial charge >= 0.3 is 0 Å². The summed E-state index contributed by atoms with van der Waals surface area (Å²) in [5, 5.41) is 3.31. The molecule has 3 N–H and O–H groups in total. The number of aromatic nitrogens is 2. The van der Waals surface area contributed by atoms with Gasteiger partial charge in [0.05, 0.1) is 11.8 Å². The number of anilines is 1. The number of rotatable bonds is 3. The van der Waals surface area contributed by atoms with Crippen molar-refractivity contribution in [3.63, 3.8) is 0 Å². The summed E-state index contributed by atoms with van der Waals surface area (Å²) in [6.07, 6.45) is 10.6. The molecule has 120 valence electrons. The van der Waals surface area contributed by atoms with Crippen molar-refractivity contribution >= 4 is 28.2 Å². The van der Waals surface area contributed by atoms with E-state index in [9.17, 15) is 9.59 Å². The molecular weight excluding hydrogens is 312 g/mol. The van der Waals surface area contributed by atoms with Crippen LogP contribution >= 0.6 is 11.3 Å².